The maximum Gasteiger partial charge on any atom is 0.317 e. The lowest BCUT2D eigenvalue weighted by molar-refractivity contribution is -0.136. The molecule has 22 heavy (non-hydrogen) atoms. The first kappa shape index (κ1) is 17.5. The number of hydrogen-bond acceptors (Lipinski definition) is 4. The van der Waals surface area contributed by atoms with Gasteiger partial charge in [0.25, 0.3) is 0 Å². The van der Waals surface area contributed by atoms with Crippen molar-refractivity contribution in [3.63, 3.8) is 0 Å². The summed E-state index contributed by atoms with van der Waals surface area (Å²) in [5.74, 6) is 0. The SMILES string of the molecule is CC(C)O[C@@H]1C[C@@H](NC(=O)N2CC[C@@H](S(C)(=O)=O)C2)C1(C)C. The van der Waals surface area contributed by atoms with Gasteiger partial charge in [0.05, 0.1) is 17.5 Å². The van der Waals surface area contributed by atoms with Gasteiger partial charge < -0.3 is 15.0 Å². The summed E-state index contributed by atoms with van der Waals surface area (Å²) in [6, 6.07) is -0.0896. The Hall–Kier alpha value is -0.820. The summed E-state index contributed by atoms with van der Waals surface area (Å²) in [5.41, 5.74) is -0.101. The van der Waals surface area contributed by atoms with E-state index in [0.717, 1.165) is 6.42 Å². The van der Waals surface area contributed by atoms with Gasteiger partial charge in [0.15, 0.2) is 9.84 Å². The van der Waals surface area contributed by atoms with Gasteiger partial charge >= 0.3 is 6.03 Å². The molecular formula is C15H28N2O4S. The Kier molecular flexibility index (Phi) is 4.78. The minimum absolute atomic E-state index is 0.0704. The Balaban J connectivity index is 1.87. The molecule has 6 nitrogen and oxygen atoms in total. The molecule has 128 valence electrons. The molecule has 2 fully saturated rings. The Morgan fingerprint density at radius 1 is 1.36 bits per heavy atom. The standard InChI is InChI=1S/C15H28N2O4S/c1-10(2)21-13-8-12(15(13,3)4)16-14(18)17-7-6-11(9-17)22(5,19)20/h10-13H,6-9H2,1-5H3,(H,16,18)/t11-,12-,13-/m1/s1. The van der Waals surface area contributed by atoms with Crippen LogP contribution in [0.1, 0.15) is 40.5 Å². The molecule has 0 radical (unpaired) electrons. The molecule has 0 spiro atoms. The third-order valence-electron chi connectivity index (χ3n) is 4.95. The molecule has 1 aliphatic heterocycles. The van der Waals surface area contributed by atoms with E-state index in [9.17, 15) is 13.2 Å². The Morgan fingerprint density at radius 3 is 2.45 bits per heavy atom. The van der Waals surface area contributed by atoms with Crippen LogP contribution in [-0.4, -0.2) is 62.2 Å². The first-order valence-electron chi connectivity index (χ1n) is 7.91. The highest BCUT2D eigenvalue weighted by molar-refractivity contribution is 7.91. The van der Waals surface area contributed by atoms with Crippen molar-refractivity contribution < 1.29 is 17.9 Å². The average Bonchev–Trinajstić information content (AvgIpc) is 2.86. The lowest BCUT2D eigenvalue weighted by atomic mass is 9.64. The maximum atomic E-state index is 12.3. The van der Waals surface area contributed by atoms with E-state index >= 15 is 0 Å². The van der Waals surface area contributed by atoms with E-state index in [1.54, 1.807) is 4.90 Å². The van der Waals surface area contributed by atoms with Crippen molar-refractivity contribution in [2.75, 3.05) is 19.3 Å². The van der Waals surface area contributed by atoms with Crippen LogP contribution in [0.5, 0.6) is 0 Å². The average molecular weight is 332 g/mol. The second-order valence-corrected chi connectivity index (χ2v) is 9.74. The summed E-state index contributed by atoms with van der Waals surface area (Å²) in [7, 11) is -3.08. The minimum atomic E-state index is -3.08. The lowest BCUT2D eigenvalue weighted by Crippen LogP contribution is -2.63. The van der Waals surface area contributed by atoms with Gasteiger partial charge in [0.1, 0.15) is 0 Å². The zero-order valence-electron chi connectivity index (χ0n) is 14.1. The van der Waals surface area contributed by atoms with Crippen LogP contribution in [-0.2, 0) is 14.6 Å². The van der Waals surface area contributed by atoms with Crippen molar-refractivity contribution in [3.05, 3.63) is 0 Å². The normalized spacial score (nSPS) is 31.2. The number of rotatable bonds is 4. The van der Waals surface area contributed by atoms with E-state index in [1.807, 2.05) is 13.8 Å². The molecule has 1 saturated heterocycles. The number of amides is 2. The number of nitrogens with zero attached hydrogens (tertiary/aromatic N) is 1. The number of carbonyl (C=O) groups excluding carboxylic acids is 1. The zero-order chi connectivity index (χ0) is 16.7. The second-order valence-electron chi connectivity index (χ2n) is 7.42. The third kappa shape index (κ3) is 3.56. The van der Waals surface area contributed by atoms with Crippen LogP contribution < -0.4 is 5.32 Å². The van der Waals surface area contributed by atoms with E-state index in [0.29, 0.717) is 19.5 Å². The summed E-state index contributed by atoms with van der Waals surface area (Å²) < 4.78 is 29.0. The molecule has 1 heterocycles. The summed E-state index contributed by atoms with van der Waals surface area (Å²) in [6.07, 6.45) is 2.90. The largest absolute Gasteiger partial charge is 0.375 e. The monoisotopic (exact) mass is 332 g/mol. The van der Waals surface area contributed by atoms with E-state index in [-0.39, 0.29) is 29.7 Å². The highest BCUT2D eigenvalue weighted by Crippen LogP contribution is 2.43. The van der Waals surface area contributed by atoms with Gasteiger partial charge in [0.2, 0.25) is 0 Å². The molecular weight excluding hydrogens is 304 g/mol. The molecule has 0 aromatic carbocycles. The first-order chi connectivity index (χ1) is 10.0. The molecule has 7 heteroatoms. The van der Waals surface area contributed by atoms with Gasteiger partial charge in [-0.2, -0.15) is 0 Å². The van der Waals surface area contributed by atoms with Crippen molar-refractivity contribution >= 4 is 15.9 Å². The third-order valence-corrected chi connectivity index (χ3v) is 6.55. The first-order valence-corrected chi connectivity index (χ1v) is 9.87. The van der Waals surface area contributed by atoms with E-state index in [2.05, 4.69) is 19.2 Å². The molecule has 0 aromatic rings. The van der Waals surface area contributed by atoms with Gasteiger partial charge in [0, 0.05) is 30.8 Å². The number of hydrogen-bond donors (Lipinski definition) is 1. The number of nitrogens with one attached hydrogen (secondary N) is 1. The number of sulfone groups is 1. The summed E-state index contributed by atoms with van der Waals surface area (Å²) in [6.45, 7) is 9.01. The molecule has 2 amide bonds. The number of urea groups is 1. The smallest absolute Gasteiger partial charge is 0.317 e. The van der Waals surface area contributed by atoms with Crippen LogP contribution in [0.15, 0.2) is 0 Å². The predicted molar refractivity (Wildman–Crippen MR) is 85.5 cm³/mol. The lowest BCUT2D eigenvalue weighted by Gasteiger charge is -2.52. The molecule has 2 rings (SSSR count). The van der Waals surface area contributed by atoms with Crippen LogP contribution in [0, 0.1) is 5.41 Å². The molecule has 3 atom stereocenters. The molecule has 1 N–H and O–H groups in total. The van der Waals surface area contributed by atoms with Crippen molar-refractivity contribution in [2.45, 2.75) is 64.0 Å². The van der Waals surface area contributed by atoms with Gasteiger partial charge in [-0.3, -0.25) is 0 Å². The van der Waals surface area contributed by atoms with Crippen molar-refractivity contribution in [1.29, 1.82) is 0 Å². The maximum absolute atomic E-state index is 12.3. The molecule has 0 aromatic heterocycles. The van der Waals surface area contributed by atoms with Crippen molar-refractivity contribution in [2.24, 2.45) is 5.41 Å². The number of carbonyl (C=O) groups is 1. The molecule has 1 saturated carbocycles. The van der Waals surface area contributed by atoms with Crippen molar-refractivity contribution in [1.82, 2.24) is 10.2 Å². The van der Waals surface area contributed by atoms with Crippen LogP contribution in [0.2, 0.25) is 0 Å². The number of likely N-dealkylation sites (tertiary alicyclic amines) is 1. The van der Waals surface area contributed by atoms with E-state index in [4.69, 9.17) is 4.74 Å². The topological polar surface area (TPSA) is 75.7 Å². The Morgan fingerprint density at radius 2 is 2.00 bits per heavy atom. The van der Waals surface area contributed by atoms with E-state index in [1.165, 1.54) is 6.26 Å². The molecule has 1 aliphatic carbocycles. The second kappa shape index (κ2) is 6.00. The van der Waals surface area contributed by atoms with Gasteiger partial charge in [-0.25, -0.2) is 13.2 Å². The van der Waals surface area contributed by atoms with Gasteiger partial charge in [-0.15, -0.1) is 0 Å². The summed E-state index contributed by atoms with van der Waals surface area (Å²) in [5, 5.41) is 2.61. The van der Waals surface area contributed by atoms with Crippen LogP contribution >= 0.6 is 0 Å². The molecule has 2 aliphatic rings. The highest BCUT2D eigenvalue weighted by atomic mass is 32.2. The van der Waals surface area contributed by atoms with Crippen molar-refractivity contribution in [3.8, 4) is 0 Å². The van der Waals surface area contributed by atoms with Crippen LogP contribution in [0.4, 0.5) is 4.79 Å². The van der Waals surface area contributed by atoms with Crippen LogP contribution in [0.3, 0.4) is 0 Å². The Labute approximate surface area is 133 Å². The fraction of sp³-hybridized carbons (Fsp3) is 0.933. The molecule has 0 bridgehead atoms. The predicted octanol–water partition coefficient (Wildman–Crippen LogP) is 1.41. The quantitative estimate of drug-likeness (QED) is 0.844. The van der Waals surface area contributed by atoms with Gasteiger partial charge in [-0.1, -0.05) is 13.8 Å². The fourth-order valence-corrected chi connectivity index (χ4v) is 4.18. The minimum Gasteiger partial charge on any atom is -0.375 e. The summed E-state index contributed by atoms with van der Waals surface area (Å²) in [4.78, 5) is 13.9. The highest BCUT2D eigenvalue weighted by Gasteiger charge is 2.50. The summed E-state index contributed by atoms with van der Waals surface area (Å²) >= 11 is 0. The van der Waals surface area contributed by atoms with Crippen LogP contribution in [0.25, 0.3) is 0 Å². The fourth-order valence-electron chi connectivity index (χ4n) is 3.19. The van der Waals surface area contributed by atoms with E-state index < -0.39 is 15.1 Å². The Bertz CT molecular complexity index is 530. The zero-order valence-corrected chi connectivity index (χ0v) is 14.9. The molecule has 0 unspecified atom stereocenters. The van der Waals surface area contributed by atoms with Gasteiger partial charge in [-0.05, 0) is 26.7 Å². The number of ether oxygens (including phenoxy) is 1.